The molecule has 0 amide bonds. The van der Waals surface area contributed by atoms with Gasteiger partial charge in [-0.25, -0.2) is 0 Å². The van der Waals surface area contributed by atoms with Crippen LogP contribution in [-0.2, 0) is 51.2 Å². The van der Waals surface area contributed by atoms with Gasteiger partial charge in [0.05, 0.1) is 54.6 Å². The number of phenolic OH excluding ortho intramolecular Hbond substituents is 2. The average molecular weight is 456 g/mol. The van der Waals surface area contributed by atoms with Crippen LogP contribution in [-0.4, -0.2) is 98.5 Å². The predicted octanol–water partition coefficient (Wildman–Crippen LogP) is -0.606. The highest BCUT2D eigenvalue weighted by atomic mass is 16.5. The van der Waals surface area contributed by atoms with Crippen LogP contribution in [0.5, 0.6) is 11.5 Å². The Kier molecular flexibility index (Phi) is 10.9. The van der Waals surface area contributed by atoms with Crippen molar-refractivity contribution >= 4 is 23.9 Å². The van der Waals surface area contributed by atoms with Crippen LogP contribution in [0, 0.1) is 0 Å². The summed E-state index contributed by atoms with van der Waals surface area (Å²) in [4.78, 5) is 49.2. The van der Waals surface area contributed by atoms with Crippen molar-refractivity contribution in [3.05, 3.63) is 23.3 Å². The lowest BCUT2D eigenvalue weighted by Gasteiger charge is -2.23. The molecule has 0 unspecified atom stereocenters. The number of carbonyl (C=O) groups excluding carboxylic acids is 4. The molecule has 1 aromatic carbocycles. The minimum Gasteiger partial charge on any atom is -0.504 e. The molecular formula is C20H28N2O10. The summed E-state index contributed by atoms with van der Waals surface area (Å²) in [5.74, 6) is -3.35. The van der Waals surface area contributed by atoms with Gasteiger partial charge in [-0.05, 0) is 0 Å². The van der Waals surface area contributed by atoms with Crippen LogP contribution < -0.4 is 0 Å². The van der Waals surface area contributed by atoms with Gasteiger partial charge in [-0.1, -0.05) is 12.1 Å². The molecule has 12 nitrogen and oxygen atoms in total. The van der Waals surface area contributed by atoms with E-state index >= 15 is 0 Å². The number of nitrogens with zero attached hydrogens (tertiary/aromatic N) is 2. The maximum absolute atomic E-state index is 11.6. The fraction of sp³-hybridized carbons (Fsp3) is 0.500. The van der Waals surface area contributed by atoms with E-state index in [1.165, 1.54) is 50.4 Å². The number of ether oxygens (including phenoxy) is 4. The molecule has 0 aromatic heterocycles. The minimum absolute atomic E-state index is 0.0715. The summed E-state index contributed by atoms with van der Waals surface area (Å²) in [6, 6.07) is 2.97. The fourth-order valence-corrected chi connectivity index (χ4v) is 2.72. The van der Waals surface area contributed by atoms with Crippen LogP contribution >= 0.6 is 0 Å². The molecule has 1 aromatic rings. The van der Waals surface area contributed by atoms with Gasteiger partial charge in [0.25, 0.3) is 0 Å². The monoisotopic (exact) mass is 456 g/mol. The van der Waals surface area contributed by atoms with Crippen LogP contribution in [0.15, 0.2) is 12.1 Å². The quantitative estimate of drug-likeness (QED) is 0.234. The first kappa shape index (κ1) is 26.7. The largest absolute Gasteiger partial charge is 0.504 e. The van der Waals surface area contributed by atoms with E-state index in [2.05, 4.69) is 18.9 Å². The van der Waals surface area contributed by atoms with Gasteiger partial charge in [-0.2, -0.15) is 0 Å². The molecule has 178 valence electrons. The molecular weight excluding hydrogens is 428 g/mol. The van der Waals surface area contributed by atoms with Crippen molar-refractivity contribution in [2.45, 2.75) is 13.1 Å². The predicted molar refractivity (Wildman–Crippen MR) is 108 cm³/mol. The number of hydrogen-bond acceptors (Lipinski definition) is 12. The van der Waals surface area contributed by atoms with Gasteiger partial charge in [0.15, 0.2) is 11.5 Å². The Hall–Kier alpha value is -3.38. The third kappa shape index (κ3) is 8.40. The maximum atomic E-state index is 11.6. The van der Waals surface area contributed by atoms with Gasteiger partial charge < -0.3 is 29.2 Å². The molecule has 1 rings (SSSR count). The molecule has 0 atom stereocenters. The number of esters is 4. The van der Waals surface area contributed by atoms with E-state index in [0.29, 0.717) is 0 Å². The first-order chi connectivity index (χ1) is 15.1. The Morgan fingerprint density at radius 3 is 1.09 bits per heavy atom. The Bertz CT molecular complexity index is 724. The van der Waals surface area contributed by atoms with Crippen molar-refractivity contribution in [2.75, 3.05) is 54.6 Å². The number of carbonyl (C=O) groups is 4. The lowest BCUT2D eigenvalue weighted by Crippen LogP contribution is -2.35. The SMILES string of the molecule is COC(=O)CN(CC(=O)OC)Cc1ccc(CN(CC(=O)OC)CC(=O)OC)c(O)c1O. The number of hydrogen-bond donors (Lipinski definition) is 2. The van der Waals surface area contributed by atoms with Gasteiger partial charge in [0.1, 0.15) is 0 Å². The Morgan fingerprint density at radius 2 is 0.875 bits per heavy atom. The smallest absolute Gasteiger partial charge is 0.319 e. The fourth-order valence-electron chi connectivity index (χ4n) is 2.72. The summed E-state index contributed by atoms with van der Waals surface area (Å²) in [5, 5.41) is 20.9. The molecule has 12 heteroatoms. The van der Waals surface area contributed by atoms with Crippen molar-refractivity contribution in [1.82, 2.24) is 9.80 Å². The zero-order chi connectivity index (χ0) is 24.3. The van der Waals surface area contributed by atoms with Crippen molar-refractivity contribution in [2.24, 2.45) is 0 Å². The van der Waals surface area contributed by atoms with Crippen molar-refractivity contribution in [1.29, 1.82) is 0 Å². The molecule has 0 saturated heterocycles. The normalized spacial score (nSPS) is 10.7. The lowest BCUT2D eigenvalue weighted by molar-refractivity contribution is -0.147. The molecule has 0 bridgehead atoms. The molecule has 2 N–H and O–H groups in total. The Balaban J connectivity index is 3.08. The molecule has 0 fully saturated rings. The third-order valence-electron chi connectivity index (χ3n) is 4.43. The van der Waals surface area contributed by atoms with Crippen LogP contribution in [0.4, 0.5) is 0 Å². The second-order valence-corrected chi connectivity index (χ2v) is 6.68. The molecule has 0 aliphatic carbocycles. The van der Waals surface area contributed by atoms with E-state index in [1.807, 2.05) is 0 Å². The topological polar surface area (TPSA) is 152 Å². The summed E-state index contributed by atoms with van der Waals surface area (Å²) in [7, 11) is 4.80. The van der Waals surface area contributed by atoms with E-state index in [0.717, 1.165) is 0 Å². The molecule has 0 heterocycles. The standard InChI is InChI=1S/C20H28N2O10/c1-29-15(23)9-21(10-16(24)30-2)7-13-5-6-14(20(28)19(13)27)8-22(11-17(25)31-3)12-18(26)32-4/h5-6,27-28H,7-12H2,1-4H3. The summed E-state index contributed by atoms with van der Waals surface area (Å²) >= 11 is 0. The van der Waals surface area contributed by atoms with E-state index in [4.69, 9.17) is 0 Å². The molecule has 0 saturated carbocycles. The minimum atomic E-state index is -0.601. The molecule has 0 aliphatic rings. The Morgan fingerprint density at radius 1 is 0.625 bits per heavy atom. The molecule has 0 aliphatic heterocycles. The van der Waals surface area contributed by atoms with Gasteiger partial charge in [-0.15, -0.1) is 0 Å². The van der Waals surface area contributed by atoms with Crippen LogP contribution in [0.1, 0.15) is 11.1 Å². The number of benzene rings is 1. The van der Waals surface area contributed by atoms with Gasteiger partial charge in [-0.3, -0.25) is 29.0 Å². The molecule has 0 spiro atoms. The van der Waals surface area contributed by atoms with E-state index in [-0.39, 0.29) is 50.4 Å². The van der Waals surface area contributed by atoms with Gasteiger partial charge >= 0.3 is 23.9 Å². The first-order valence-electron chi connectivity index (χ1n) is 9.39. The van der Waals surface area contributed by atoms with Crippen LogP contribution in [0.3, 0.4) is 0 Å². The van der Waals surface area contributed by atoms with Crippen LogP contribution in [0.2, 0.25) is 0 Å². The number of rotatable bonds is 12. The zero-order valence-electron chi connectivity index (χ0n) is 18.5. The van der Waals surface area contributed by atoms with E-state index in [1.54, 1.807) is 0 Å². The highest BCUT2D eigenvalue weighted by Crippen LogP contribution is 2.34. The summed E-state index contributed by atoms with van der Waals surface area (Å²) < 4.78 is 18.4. The average Bonchev–Trinajstić information content (AvgIpc) is 2.77. The second-order valence-electron chi connectivity index (χ2n) is 6.68. The number of phenols is 2. The highest BCUT2D eigenvalue weighted by Gasteiger charge is 2.22. The molecule has 32 heavy (non-hydrogen) atoms. The van der Waals surface area contributed by atoms with Crippen molar-refractivity contribution in [3.63, 3.8) is 0 Å². The van der Waals surface area contributed by atoms with Crippen molar-refractivity contribution in [3.8, 4) is 11.5 Å². The second kappa shape index (κ2) is 13.1. The lowest BCUT2D eigenvalue weighted by atomic mass is 10.1. The van der Waals surface area contributed by atoms with E-state index < -0.39 is 35.4 Å². The van der Waals surface area contributed by atoms with Crippen LogP contribution in [0.25, 0.3) is 0 Å². The highest BCUT2D eigenvalue weighted by molar-refractivity contribution is 5.75. The first-order valence-corrected chi connectivity index (χ1v) is 9.39. The van der Waals surface area contributed by atoms with Crippen molar-refractivity contribution < 1.29 is 48.3 Å². The van der Waals surface area contributed by atoms with Gasteiger partial charge in [0.2, 0.25) is 0 Å². The summed E-state index contributed by atoms with van der Waals surface area (Å²) in [6.07, 6.45) is 0. The summed E-state index contributed by atoms with van der Waals surface area (Å²) in [5.41, 5.74) is 0.457. The zero-order valence-corrected chi connectivity index (χ0v) is 18.5. The number of aromatic hydroxyl groups is 2. The summed E-state index contributed by atoms with van der Waals surface area (Å²) in [6.45, 7) is -1.14. The number of methoxy groups -OCH3 is 4. The van der Waals surface area contributed by atoms with Gasteiger partial charge in [0, 0.05) is 24.2 Å². The maximum Gasteiger partial charge on any atom is 0.319 e. The van der Waals surface area contributed by atoms with E-state index in [9.17, 15) is 29.4 Å². The molecule has 0 radical (unpaired) electrons. The third-order valence-corrected chi connectivity index (χ3v) is 4.43. The Labute approximate surface area is 185 Å².